The predicted molar refractivity (Wildman–Crippen MR) is 148 cm³/mol. The Morgan fingerprint density at radius 2 is 1.24 bits per heavy atom. The molecule has 0 saturated carbocycles. The molecule has 5 nitrogen and oxygen atoms in total. The first-order chi connectivity index (χ1) is 18.6. The highest BCUT2D eigenvalue weighted by atomic mass is 16.2. The number of anilines is 1. The van der Waals surface area contributed by atoms with Crippen molar-refractivity contribution in [1.29, 1.82) is 0 Å². The predicted octanol–water partition coefficient (Wildman–Crippen LogP) is 6.82. The molecule has 7 rings (SSSR count). The Morgan fingerprint density at radius 3 is 2.03 bits per heavy atom. The molecule has 5 aromatic carbocycles. The summed E-state index contributed by atoms with van der Waals surface area (Å²) in [5.41, 5.74) is 4.87. The maximum absolute atomic E-state index is 13.7. The van der Waals surface area contributed by atoms with Crippen LogP contribution in [0.5, 0.6) is 0 Å². The van der Waals surface area contributed by atoms with E-state index in [0.717, 1.165) is 21.8 Å². The van der Waals surface area contributed by atoms with Gasteiger partial charge in [0.05, 0.1) is 33.5 Å². The lowest BCUT2D eigenvalue weighted by molar-refractivity contribution is 0.0925. The third-order valence-electron chi connectivity index (χ3n) is 7.12. The largest absolute Gasteiger partial charge is 0.308 e. The molecule has 1 aliphatic rings. The van der Waals surface area contributed by atoms with Crippen molar-refractivity contribution in [3.05, 3.63) is 144 Å². The molecular formula is C33H20N2O3. The Morgan fingerprint density at radius 1 is 0.553 bits per heavy atom. The fourth-order valence-corrected chi connectivity index (χ4v) is 5.40. The number of fused-ring (bicyclic) bond motifs is 4. The van der Waals surface area contributed by atoms with Crippen LogP contribution in [-0.4, -0.2) is 22.2 Å². The maximum atomic E-state index is 13.7. The number of aromatic nitrogens is 1. The first-order valence-electron chi connectivity index (χ1n) is 12.3. The molecule has 0 fully saturated rings. The molecule has 0 N–H and O–H groups in total. The van der Waals surface area contributed by atoms with Crippen LogP contribution in [0.25, 0.3) is 27.5 Å². The monoisotopic (exact) mass is 492 g/mol. The standard InChI is InChI=1S/C33H20N2O3/c36-31(21-10-3-1-4-11-21)22-18-19-28-26(20-22)24-14-7-8-16-27(24)35(28)29-17-9-15-25-30(29)33(38)34(32(25)37)23-12-5-2-6-13-23/h1-20H. The summed E-state index contributed by atoms with van der Waals surface area (Å²) >= 11 is 0. The number of imide groups is 1. The molecular weight excluding hydrogens is 472 g/mol. The van der Waals surface area contributed by atoms with Crippen LogP contribution in [0.15, 0.2) is 121 Å². The summed E-state index contributed by atoms with van der Waals surface area (Å²) in [6.45, 7) is 0. The number of para-hydroxylation sites is 2. The van der Waals surface area contributed by atoms with Gasteiger partial charge >= 0.3 is 0 Å². The van der Waals surface area contributed by atoms with E-state index in [1.807, 2.05) is 95.6 Å². The van der Waals surface area contributed by atoms with E-state index in [0.29, 0.717) is 33.6 Å². The Labute approximate surface area is 218 Å². The Hall–Kier alpha value is -5.29. The average Bonchev–Trinajstić information content (AvgIpc) is 3.44. The van der Waals surface area contributed by atoms with Crippen molar-refractivity contribution >= 4 is 45.1 Å². The van der Waals surface area contributed by atoms with E-state index in [9.17, 15) is 14.4 Å². The lowest BCUT2D eigenvalue weighted by atomic mass is 10.0. The molecule has 0 bridgehead atoms. The van der Waals surface area contributed by atoms with Gasteiger partial charge in [-0.3, -0.25) is 14.4 Å². The summed E-state index contributed by atoms with van der Waals surface area (Å²) in [5, 5.41) is 1.86. The van der Waals surface area contributed by atoms with E-state index in [2.05, 4.69) is 0 Å². The molecule has 0 saturated heterocycles. The fraction of sp³-hybridized carbons (Fsp3) is 0. The first-order valence-corrected chi connectivity index (χ1v) is 12.3. The van der Waals surface area contributed by atoms with Crippen LogP contribution in [0.2, 0.25) is 0 Å². The van der Waals surface area contributed by atoms with E-state index in [1.165, 1.54) is 4.90 Å². The minimum Gasteiger partial charge on any atom is -0.308 e. The molecule has 38 heavy (non-hydrogen) atoms. The Bertz CT molecular complexity index is 1920. The van der Waals surface area contributed by atoms with Gasteiger partial charge in [-0.2, -0.15) is 0 Å². The smallest absolute Gasteiger partial charge is 0.268 e. The highest BCUT2D eigenvalue weighted by molar-refractivity contribution is 6.35. The minimum atomic E-state index is -0.353. The van der Waals surface area contributed by atoms with E-state index >= 15 is 0 Å². The van der Waals surface area contributed by atoms with Gasteiger partial charge in [-0.1, -0.05) is 72.8 Å². The second-order valence-corrected chi connectivity index (χ2v) is 9.26. The Kier molecular flexibility index (Phi) is 4.85. The number of benzene rings is 5. The molecule has 2 heterocycles. The van der Waals surface area contributed by atoms with Gasteiger partial charge in [0.1, 0.15) is 0 Å². The van der Waals surface area contributed by atoms with Crippen molar-refractivity contribution in [2.75, 3.05) is 4.90 Å². The van der Waals surface area contributed by atoms with Crippen molar-refractivity contribution < 1.29 is 14.4 Å². The topological polar surface area (TPSA) is 59.4 Å². The van der Waals surface area contributed by atoms with Crippen molar-refractivity contribution in [2.45, 2.75) is 0 Å². The molecule has 6 aromatic rings. The molecule has 2 amide bonds. The molecule has 0 atom stereocenters. The first kappa shape index (κ1) is 21.9. The number of hydrogen-bond acceptors (Lipinski definition) is 3. The lowest BCUT2D eigenvalue weighted by Crippen LogP contribution is -2.29. The van der Waals surface area contributed by atoms with Crippen LogP contribution in [0, 0.1) is 0 Å². The maximum Gasteiger partial charge on any atom is 0.268 e. The molecule has 1 aliphatic heterocycles. The molecule has 0 radical (unpaired) electrons. The summed E-state index contributed by atoms with van der Waals surface area (Å²) in [5.74, 6) is -0.743. The zero-order chi connectivity index (χ0) is 25.8. The van der Waals surface area contributed by atoms with Crippen LogP contribution in [0.1, 0.15) is 36.6 Å². The number of carbonyl (C=O) groups is 3. The van der Waals surface area contributed by atoms with Gasteiger partial charge in [-0.25, -0.2) is 4.90 Å². The van der Waals surface area contributed by atoms with Crippen molar-refractivity contribution in [3.8, 4) is 5.69 Å². The third-order valence-corrected chi connectivity index (χ3v) is 7.12. The van der Waals surface area contributed by atoms with Crippen molar-refractivity contribution in [3.63, 3.8) is 0 Å². The number of carbonyl (C=O) groups excluding carboxylic acids is 3. The Balaban J connectivity index is 1.45. The quantitative estimate of drug-likeness (QED) is 0.201. The van der Waals surface area contributed by atoms with Gasteiger partial charge in [-0.15, -0.1) is 0 Å². The van der Waals surface area contributed by atoms with Gasteiger partial charge in [0, 0.05) is 21.9 Å². The molecule has 1 aromatic heterocycles. The van der Waals surface area contributed by atoms with Crippen molar-refractivity contribution in [2.24, 2.45) is 0 Å². The highest BCUT2D eigenvalue weighted by Crippen LogP contribution is 2.38. The average molecular weight is 493 g/mol. The number of hydrogen-bond donors (Lipinski definition) is 0. The van der Waals surface area contributed by atoms with E-state index in [4.69, 9.17) is 0 Å². The molecule has 5 heteroatoms. The number of rotatable bonds is 4. The summed E-state index contributed by atoms with van der Waals surface area (Å²) < 4.78 is 2.01. The fourth-order valence-electron chi connectivity index (χ4n) is 5.40. The van der Waals surface area contributed by atoms with E-state index < -0.39 is 0 Å². The lowest BCUT2D eigenvalue weighted by Gasteiger charge is -2.14. The third kappa shape index (κ3) is 3.15. The number of nitrogens with zero attached hydrogens (tertiary/aromatic N) is 2. The normalized spacial score (nSPS) is 12.9. The van der Waals surface area contributed by atoms with Crippen LogP contribution in [-0.2, 0) is 0 Å². The number of amides is 2. The van der Waals surface area contributed by atoms with Gasteiger partial charge in [0.15, 0.2) is 5.78 Å². The minimum absolute atomic E-state index is 0.0517. The van der Waals surface area contributed by atoms with E-state index in [1.54, 1.807) is 30.3 Å². The second kappa shape index (κ2) is 8.39. The number of ketones is 1. The SMILES string of the molecule is O=C(c1ccccc1)c1ccc2c(c1)c1ccccc1n2-c1cccc2c1C(=O)N(c1ccccc1)C2=O. The highest BCUT2D eigenvalue weighted by Gasteiger charge is 2.39. The zero-order valence-corrected chi connectivity index (χ0v) is 20.2. The van der Waals surface area contributed by atoms with Crippen LogP contribution < -0.4 is 4.90 Å². The van der Waals surface area contributed by atoms with Crippen LogP contribution >= 0.6 is 0 Å². The van der Waals surface area contributed by atoms with Crippen LogP contribution in [0.3, 0.4) is 0 Å². The van der Waals surface area contributed by atoms with E-state index in [-0.39, 0.29) is 17.6 Å². The van der Waals surface area contributed by atoms with Gasteiger partial charge in [0.25, 0.3) is 11.8 Å². The molecule has 180 valence electrons. The summed E-state index contributed by atoms with van der Waals surface area (Å²) in [7, 11) is 0. The second-order valence-electron chi connectivity index (χ2n) is 9.26. The molecule has 0 aliphatic carbocycles. The summed E-state index contributed by atoms with van der Waals surface area (Å²) in [4.78, 5) is 41.6. The van der Waals surface area contributed by atoms with Gasteiger partial charge in [-0.05, 0) is 48.5 Å². The van der Waals surface area contributed by atoms with Gasteiger partial charge in [0.2, 0.25) is 0 Å². The summed E-state index contributed by atoms with van der Waals surface area (Å²) in [6.07, 6.45) is 0. The molecule has 0 spiro atoms. The molecule has 0 unspecified atom stereocenters. The zero-order valence-electron chi connectivity index (χ0n) is 20.2. The van der Waals surface area contributed by atoms with Crippen molar-refractivity contribution in [1.82, 2.24) is 4.57 Å². The van der Waals surface area contributed by atoms with Gasteiger partial charge < -0.3 is 4.57 Å². The summed E-state index contributed by atoms with van der Waals surface area (Å²) in [6, 6.07) is 37.1. The van der Waals surface area contributed by atoms with Crippen LogP contribution in [0.4, 0.5) is 5.69 Å².